The average Bonchev–Trinajstić information content (AvgIpc) is 3.21. The second-order valence-corrected chi connectivity index (χ2v) is 7.14. The molecule has 2 heterocycles. The van der Waals surface area contributed by atoms with Crippen molar-refractivity contribution in [2.24, 2.45) is 5.92 Å². The van der Waals surface area contributed by atoms with Gasteiger partial charge < -0.3 is 14.8 Å². The number of carbonyl (C=O) groups excluding carboxylic acids is 2. The van der Waals surface area contributed by atoms with Gasteiger partial charge in [-0.25, -0.2) is 0 Å². The Morgan fingerprint density at radius 1 is 1.31 bits per heavy atom. The molecule has 1 aromatic heterocycles. The summed E-state index contributed by atoms with van der Waals surface area (Å²) in [6.45, 7) is 5.86. The van der Waals surface area contributed by atoms with Gasteiger partial charge in [-0.05, 0) is 32.4 Å². The van der Waals surface area contributed by atoms with Crippen LogP contribution in [-0.2, 0) is 16.1 Å². The summed E-state index contributed by atoms with van der Waals surface area (Å²) in [6.07, 6.45) is 0.552. The lowest BCUT2D eigenvalue weighted by Crippen LogP contribution is -2.37. The van der Waals surface area contributed by atoms with Gasteiger partial charge in [0.15, 0.2) is 5.16 Å². The van der Waals surface area contributed by atoms with E-state index in [4.69, 9.17) is 0 Å². The normalized spacial score (nSPS) is 16.9. The number of nitrogens with one attached hydrogen (secondary N) is 1. The maximum Gasteiger partial charge on any atom is 0.239 e. The Hall–Kier alpha value is -2.35. The van der Waals surface area contributed by atoms with Gasteiger partial charge in [-0.1, -0.05) is 30.0 Å². The largest absolute Gasteiger partial charge is 0.355 e. The smallest absolute Gasteiger partial charge is 0.239 e. The molecule has 2 amide bonds. The van der Waals surface area contributed by atoms with Crippen LogP contribution < -0.4 is 10.2 Å². The molecular weight excluding hydrogens is 350 g/mol. The van der Waals surface area contributed by atoms with E-state index in [0.717, 1.165) is 23.2 Å². The van der Waals surface area contributed by atoms with Gasteiger partial charge in [0, 0.05) is 31.1 Å². The van der Waals surface area contributed by atoms with Crippen LogP contribution in [0.3, 0.4) is 0 Å². The molecule has 1 aliphatic rings. The van der Waals surface area contributed by atoms with E-state index in [1.165, 1.54) is 0 Å². The molecule has 138 valence electrons. The molecule has 26 heavy (non-hydrogen) atoms. The second-order valence-electron chi connectivity index (χ2n) is 6.08. The Morgan fingerprint density at radius 3 is 2.81 bits per heavy atom. The highest BCUT2D eigenvalue weighted by Gasteiger charge is 2.37. The van der Waals surface area contributed by atoms with Crippen LogP contribution in [0.4, 0.5) is 5.69 Å². The van der Waals surface area contributed by atoms with Crippen LogP contribution in [0.1, 0.15) is 19.2 Å². The summed E-state index contributed by atoms with van der Waals surface area (Å²) in [6, 6.07) is 9.47. The minimum Gasteiger partial charge on any atom is -0.355 e. The molecule has 1 saturated heterocycles. The van der Waals surface area contributed by atoms with Crippen molar-refractivity contribution in [2.75, 3.05) is 23.7 Å². The zero-order chi connectivity index (χ0) is 18.5. The van der Waals surface area contributed by atoms with Gasteiger partial charge in [-0.3, -0.25) is 9.59 Å². The maximum absolute atomic E-state index is 12.5. The van der Waals surface area contributed by atoms with Gasteiger partial charge in [-0.15, -0.1) is 10.2 Å². The molecule has 8 heteroatoms. The van der Waals surface area contributed by atoms with Gasteiger partial charge in [0.25, 0.3) is 0 Å². The van der Waals surface area contributed by atoms with E-state index in [1.807, 2.05) is 48.7 Å². The van der Waals surface area contributed by atoms with Crippen molar-refractivity contribution in [3.8, 4) is 0 Å². The van der Waals surface area contributed by atoms with Crippen molar-refractivity contribution < 1.29 is 9.59 Å². The standard InChI is InChI=1S/C18H23N5O2S/c1-3-22-13(2)20-21-18(22)26-12-10-19-16(24)15-9-11-23(17(15)25)14-7-5-4-6-8-14/h4-8,15H,3,9-12H2,1-2H3,(H,19,24). The van der Waals surface area contributed by atoms with Gasteiger partial charge in [-0.2, -0.15) is 0 Å². The van der Waals surface area contributed by atoms with Crippen LogP contribution in [-0.4, -0.2) is 45.4 Å². The van der Waals surface area contributed by atoms with Crippen molar-refractivity contribution in [3.05, 3.63) is 36.2 Å². The van der Waals surface area contributed by atoms with Gasteiger partial charge in [0.1, 0.15) is 11.7 Å². The van der Waals surface area contributed by atoms with E-state index < -0.39 is 5.92 Å². The van der Waals surface area contributed by atoms with E-state index >= 15 is 0 Å². The number of nitrogens with zero attached hydrogens (tertiary/aromatic N) is 4. The lowest BCUT2D eigenvalue weighted by molar-refractivity contribution is -0.132. The van der Waals surface area contributed by atoms with E-state index in [1.54, 1.807) is 16.7 Å². The first-order chi connectivity index (χ1) is 12.6. The fourth-order valence-corrected chi connectivity index (χ4v) is 3.96. The Bertz CT molecular complexity index is 777. The number of para-hydroxylation sites is 1. The van der Waals surface area contributed by atoms with Crippen LogP contribution >= 0.6 is 11.8 Å². The van der Waals surface area contributed by atoms with Gasteiger partial charge in [0.2, 0.25) is 11.8 Å². The summed E-state index contributed by atoms with van der Waals surface area (Å²) in [4.78, 5) is 26.6. The van der Waals surface area contributed by atoms with Crippen LogP contribution in [0.25, 0.3) is 0 Å². The average molecular weight is 373 g/mol. The fraction of sp³-hybridized carbons (Fsp3) is 0.444. The molecule has 0 saturated carbocycles. The van der Waals surface area contributed by atoms with E-state index in [9.17, 15) is 9.59 Å². The quantitative estimate of drug-likeness (QED) is 0.455. The molecule has 7 nitrogen and oxygen atoms in total. The molecule has 1 aromatic carbocycles. The van der Waals surface area contributed by atoms with Crippen molar-refractivity contribution in [3.63, 3.8) is 0 Å². The molecule has 0 radical (unpaired) electrons. The number of rotatable bonds is 7. The molecule has 0 bridgehead atoms. The Morgan fingerprint density at radius 2 is 2.08 bits per heavy atom. The Labute approximate surface area is 157 Å². The molecule has 1 aliphatic heterocycles. The predicted octanol–water partition coefficient (Wildman–Crippen LogP) is 1.87. The Kier molecular flexibility index (Phi) is 5.92. The molecule has 2 aromatic rings. The first-order valence-electron chi connectivity index (χ1n) is 8.78. The summed E-state index contributed by atoms with van der Waals surface area (Å²) < 4.78 is 2.03. The predicted molar refractivity (Wildman–Crippen MR) is 101 cm³/mol. The van der Waals surface area contributed by atoms with Gasteiger partial charge >= 0.3 is 0 Å². The highest BCUT2D eigenvalue weighted by molar-refractivity contribution is 7.99. The number of thioether (sulfide) groups is 1. The number of hydrogen-bond acceptors (Lipinski definition) is 5. The van der Waals surface area contributed by atoms with Crippen molar-refractivity contribution in [2.45, 2.75) is 32.0 Å². The van der Waals surface area contributed by atoms with E-state index in [2.05, 4.69) is 15.5 Å². The molecule has 0 aliphatic carbocycles. The fourth-order valence-electron chi connectivity index (χ4n) is 3.06. The third-order valence-electron chi connectivity index (χ3n) is 4.44. The molecular formula is C18H23N5O2S. The highest BCUT2D eigenvalue weighted by Crippen LogP contribution is 2.25. The zero-order valence-electron chi connectivity index (χ0n) is 15.0. The number of anilines is 1. The van der Waals surface area contributed by atoms with Crippen LogP contribution in [0, 0.1) is 12.8 Å². The third-order valence-corrected chi connectivity index (χ3v) is 5.41. The molecule has 1 atom stereocenters. The maximum atomic E-state index is 12.5. The second kappa shape index (κ2) is 8.35. The summed E-state index contributed by atoms with van der Waals surface area (Å²) in [5.41, 5.74) is 0.845. The van der Waals surface area contributed by atoms with Crippen molar-refractivity contribution >= 4 is 29.3 Å². The van der Waals surface area contributed by atoms with Crippen molar-refractivity contribution in [1.82, 2.24) is 20.1 Å². The lowest BCUT2D eigenvalue weighted by Gasteiger charge is -2.16. The lowest BCUT2D eigenvalue weighted by atomic mass is 10.1. The minimum absolute atomic E-state index is 0.122. The molecule has 3 rings (SSSR count). The summed E-state index contributed by atoms with van der Waals surface area (Å²) in [7, 11) is 0. The summed E-state index contributed by atoms with van der Waals surface area (Å²) >= 11 is 1.55. The monoisotopic (exact) mass is 373 g/mol. The third kappa shape index (κ3) is 3.90. The van der Waals surface area contributed by atoms with Crippen LogP contribution in [0.15, 0.2) is 35.5 Å². The first kappa shape index (κ1) is 18.4. The Balaban J connectivity index is 1.47. The summed E-state index contributed by atoms with van der Waals surface area (Å²) in [5, 5.41) is 11.9. The molecule has 0 spiro atoms. The summed E-state index contributed by atoms with van der Waals surface area (Å²) in [5.74, 6) is 0.663. The van der Waals surface area contributed by atoms with Crippen molar-refractivity contribution in [1.29, 1.82) is 0 Å². The number of aryl methyl sites for hydroxylation is 1. The van der Waals surface area contributed by atoms with E-state index in [-0.39, 0.29) is 11.8 Å². The first-order valence-corrected chi connectivity index (χ1v) is 9.77. The number of carbonyl (C=O) groups is 2. The highest BCUT2D eigenvalue weighted by atomic mass is 32.2. The minimum atomic E-state index is -0.596. The van der Waals surface area contributed by atoms with Gasteiger partial charge in [0.05, 0.1) is 0 Å². The zero-order valence-corrected chi connectivity index (χ0v) is 15.8. The number of hydrogen-bond donors (Lipinski definition) is 1. The molecule has 1 fully saturated rings. The van der Waals surface area contributed by atoms with Crippen LogP contribution in [0.2, 0.25) is 0 Å². The number of aromatic nitrogens is 3. The topological polar surface area (TPSA) is 80.1 Å². The molecule has 1 N–H and O–H groups in total. The SMILES string of the molecule is CCn1c(C)nnc1SCCNC(=O)C1CCN(c2ccccc2)C1=O. The van der Waals surface area contributed by atoms with Crippen LogP contribution in [0.5, 0.6) is 0 Å². The number of benzene rings is 1. The molecule has 1 unspecified atom stereocenters. The number of amides is 2. The van der Waals surface area contributed by atoms with E-state index in [0.29, 0.717) is 25.3 Å².